The van der Waals surface area contributed by atoms with E-state index in [2.05, 4.69) is 16.0 Å². The summed E-state index contributed by atoms with van der Waals surface area (Å²) in [6, 6.07) is -0.198. The van der Waals surface area contributed by atoms with Crippen molar-refractivity contribution in [2.75, 3.05) is 6.54 Å². The molecule has 1 heterocycles. The van der Waals surface area contributed by atoms with Gasteiger partial charge in [-0.2, -0.15) is 5.10 Å². The normalized spacial score (nSPS) is 27.3. The molecule has 0 spiro atoms. The van der Waals surface area contributed by atoms with Crippen molar-refractivity contribution < 1.29 is 9.53 Å². The van der Waals surface area contributed by atoms with Crippen molar-refractivity contribution in [2.24, 2.45) is 28.5 Å². The molecule has 0 amide bonds. The molecule has 3 unspecified atom stereocenters. The highest BCUT2D eigenvalue weighted by molar-refractivity contribution is 6.08. The maximum absolute atomic E-state index is 12.5. The SMILES string of the molecule is [B]CC1CC(C(=O)OC2CCCCC2)NCC1CCCCC/C(N)=N/NN. The molecule has 0 aromatic heterocycles. The van der Waals surface area contributed by atoms with Crippen LogP contribution in [-0.4, -0.2) is 38.3 Å². The second kappa shape index (κ2) is 12.2. The van der Waals surface area contributed by atoms with Gasteiger partial charge in [-0.15, -0.1) is 0 Å². The Morgan fingerprint density at radius 3 is 2.67 bits per heavy atom. The van der Waals surface area contributed by atoms with Crippen molar-refractivity contribution in [1.29, 1.82) is 0 Å². The smallest absolute Gasteiger partial charge is 0.323 e. The Labute approximate surface area is 164 Å². The van der Waals surface area contributed by atoms with Gasteiger partial charge in [-0.1, -0.05) is 25.6 Å². The average Bonchev–Trinajstić information content (AvgIpc) is 2.68. The highest BCUT2D eigenvalue weighted by atomic mass is 16.5. The maximum atomic E-state index is 12.5. The Balaban J connectivity index is 1.67. The number of amidine groups is 1. The van der Waals surface area contributed by atoms with Gasteiger partial charge in [0.2, 0.25) is 0 Å². The number of hydrogen-bond donors (Lipinski definition) is 4. The predicted molar refractivity (Wildman–Crippen MR) is 109 cm³/mol. The average molecular weight is 377 g/mol. The van der Waals surface area contributed by atoms with E-state index < -0.39 is 0 Å². The van der Waals surface area contributed by atoms with Crippen LogP contribution >= 0.6 is 0 Å². The summed E-state index contributed by atoms with van der Waals surface area (Å²) >= 11 is 0. The first kappa shape index (κ1) is 22.0. The second-order valence-corrected chi connectivity index (χ2v) is 7.98. The highest BCUT2D eigenvalue weighted by Gasteiger charge is 2.34. The van der Waals surface area contributed by atoms with E-state index in [0.717, 1.165) is 57.9 Å². The van der Waals surface area contributed by atoms with Crippen molar-refractivity contribution in [3.63, 3.8) is 0 Å². The van der Waals surface area contributed by atoms with Crippen molar-refractivity contribution in [3.8, 4) is 0 Å². The molecule has 2 rings (SSSR count). The number of nitrogens with one attached hydrogen (secondary N) is 2. The molecule has 7 nitrogen and oxygen atoms in total. The van der Waals surface area contributed by atoms with E-state index in [1.165, 1.54) is 19.3 Å². The van der Waals surface area contributed by atoms with Gasteiger partial charge in [0.1, 0.15) is 18.0 Å². The number of carbonyl (C=O) groups is 1. The quantitative estimate of drug-likeness (QED) is 0.0877. The zero-order valence-electron chi connectivity index (χ0n) is 16.5. The van der Waals surface area contributed by atoms with E-state index in [1.54, 1.807) is 0 Å². The number of nitrogens with two attached hydrogens (primary N) is 2. The van der Waals surface area contributed by atoms with E-state index in [1.807, 2.05) is 0 Å². The lowest BCUT2D eigenvalue weighted by Gasteiger charge is -2.36. The van der Waals surface area contributed by atoms with Crippen molar-refractivity contribution in [1.82, 2.24) is 10.9 Å². The zero-order valence-corrected chi connectivity index (χ0v) is 16.5. The largest absolute Gasteiger partial charge is 0.461 e. The molecule has 2 fully saturated rings. The van der Waals surface area contributed by atoms with Crippen molar-refractivity contribution in [3.05, 3.63) is 0 Å². The molecular weight excluding hydrogens is 341 g/mol. The number of unbranched alkanes of at least 4 members (excludes halogenated alkanes) is 2. The standard InChI is InChI=1S/C19H36BN5O2/c20-12-15-11-17(19(26)27-16-8-4-2-5-9-16)23-13-14(15)7-3-1-6-10-18(21)24-25-22/h14-17,23,25H,1-13,22H2,(H2,21,24). The molecule has 0 aromatic rings. The van der Waals surface area contributed by atoms with Gasteiger partial charge in [0.15, 0.2) is 0 Å². The first-order valence-electron chi connectivity index (χ1n) is 10.6. The minimum absolute atomic E-state index is 0.0814. The molecule has 1 aliphatic carbocycles. The van der Waals surface area contributed by atoms with Gasteiger partial charge >= 0.3 is 5.97 Å². The number of hydrogen-bond acceptors (Lipinski definition) is 6. The lowest BCUT2D eigenvalue weighted by atomic mass is 9.73. The van der Waals surface area contributed by atoms with Gasteiger partial charge in [0, 0.05) is 6.42 Å². The van der Waals surface area contributed by atoms with Gasteiger partial charge in [0.25, 0.3) is 0 Å². The monoisotopic (exact) mass is 377 g/mol. The third kappa shape index (κ3) is 7.70. The molecule has 2 radical (unpaired) electrons. The summed E-state index contributed by atoms with van der Waals surface area (Å²) in [5, 5.41) is 7.16. The summed E-state index contributed by atoms with van der Waals surface area (Å²) in [5.41, 5.74) is 7.92. The van der Waals surface area contributed by atoms with Crippen LogP contribution in [0.25, 0.3) is 0 Å². The molecule has 1 saturated heterocycles. The van der Waals surface area contributed by atoms with Crippen LogP contribution < -0.4 is 22.4 Å². The molecule has 0 aromatic carbocycles. The molecule has 152 valence electrons. The number of rotatable bonds is 10. The molecule has 0 bridgehead atoms. The van der Waals surface area contributed by atoms with Crippen LogP contribution in [0.4, 0.5) is 0 Å². The van der Waals surface area contributed by atoms with Crippen LogP contribution in [0.5, 0.6) is 0 Å². The Morgan fingerprint density at radius 1 is 1.19 bits per heavy atom. The number of carbonyl (C=O) groups excluding carboxylic acids is 1. The third-order valence-electron chi connectivity index (χ3n) is 5.97. The minimum Gasteiger partial charge on any atom is -0.461 e. The Bertz CT molecular complexity index is 471. The summed E-state index contributed by atoms with van der Waals surface area (Å²) in [5.74, 6) is 6.46. The molecule has 8 heteroatoms. The van der Waals surface area contributed by atoms with E-state index in [4.69, 9.17) is 24.2 Å². The summed E-state index contributed by atoms with van der Waals surface area (Å²) < 4.78 is 5.73. The fraction of sp³-hybridized carbons (Fsp3) is 0.895. The number of esters is 1. The van der Waals surface area contributed by atoms with Crippen LogP contribution in [-0.2, 0) is 9.53 Å². The predicted octanol–water partition coefficient (Wildman–Crippen LogP) is 1.73. The zero-order chi connectivity index (χ0) is 19.5. The first-order chi connectivity index (χ1) is 13.1. The van der Waals surface area contributed by atoms with Crippen molar-refractivity contribution >= 4 is 19.7 Å². The molecule has 1 saturated carbocycles. The number of ether oxygens (including phenoxy) is 1. The van der Waals surface area contributed by atoms with Crippen LogP contribution in [0.2, 0.25) is 6.32 Å². The number of hydrazine groups is 1. The Kier molecular flexibility index (Phi) is 9.98. The lowest BCUT2D eigenvalue weighted by Crippen LogP contribution is -2.49. The fourth-order valence-electron chi connectivity index (χ4n) is 4.30. The first-order valence-corrected chi connectivity index (χ1v) is 10.6. The van der Waals surface area contributed by atoms with Crippen LogP contribution in [0.3, 0.4) is 0 Å². The molecule has 2 aliphatic rings. The van der Waals surface area contributed by atoms with Gasteiger partial charge in [-0.25, -0.2) is 11.4 Å². The van der Waals surface area contributed by atoms with E-state index in [-0.39, 0.29) is 18.1 Å². The fourth-order valence-corrected chi connectivity index (χ4v) is 4.30. The summed E-state index contributed by atoms with van der Waals surface area (Å²) in [7, 11) is 6.01. The number of hydrazone groups is 1. The van der Waals surface area contributed by atoms with Gasteiger partial charge < -0.3 is 15.8 Å². The van der Waals surface area contributed by atoms with E-state index in [9.17, 15) is 4.79 Å². The van der Waals surface area contributed by atoms with Crippen LogP contribution in [0, 0.1) is 11.8 Å². The number of nitrogens with zero attached hydrogens (tertiary/aromatic N) is 1. The third-order valence-corrected chi connectivity index (χ3v) is 5.97. The summed E-state index contributed by atoms with van der Waals surface area (Å²) in [6.07, 6.45) is 12.3. The number of piperidine rings is 1. The molecule has 1 aliphatic heterocycles. The molecule has 27 heavy (non-hydrogen) atoms. The topological polar surface area (TPSA) is 115 Å². The van der Waals surface area contributed by atoms with Crippen molar-refractivity contribution in [2.45, 2.75) is 89.1 Å². The van der Waals surface area contributed by atoms with Crippen LogP contribution in [0.15, 0.2) is 5.10 Å². The second-order valence-electron chi connectivity index (χ2n) is 7.98. The highest BCUT2D eigenvalue weighted by Crippen LogP contribution is 2.30. The molecule has 6 N–H and O–H groups in total. The molecule has 3 atom stereocenters. The molecular formula is C19H36BN5O2. The Morgan fingerprint density at radius 2 is 1.96 bits per heavy atom. The van der Waals surface area contributed by atoms with Gasteiger partial charge in [-0.05, 0) is 63.3 Å². The Hall–Kier alpha value is -1.28. The van der Waals surface area contributed by atoms with Gasteiger partial charge in [-0.3, -0.25) is 4.79 Å². The minimum atomic E-state index is -0.198. The van der Waals surface area contributed by atoms with E-state index in [0.29, 0.717) is 24.0 Å². The summed E-state index contributed by atoms with van der Waals surface area (Å²) in [4.78, 5) is 12.5. The summed E-state index contributed by atoms with van der Waals surface area (Å²) in [6.45, 7) is 0.840. The van der Waals surface area contributed by atoms with Gasteiger partial charge in [0.05, 0.1) is 7.85 Å². The van der Waals surface area contributed by atoms with E-state index >= 15 is 0 Å². The maximum Gasteiger partial charge on any atom is 0.323 e. The lowest BCUT2D eigenvalue weighted by molar-refractivity contribution is -0.154. The van der Waals surface area contributed by atoms with Crippen LogP contribution in [0.1, 0.15) is 70.6 Å².